The molecule has 0 aromatic carbocycles. The van der Waals surface area contributed by atoms with E-state index in [4.69, 9.17) is 0 Å². The van der Waals surface area contributed by atoms with Crippen LogP contribution in [0, 0.1) is 0 Å². The van der Waals surface area contributed by atoms with Gasteiger partial charge in [-0.2, -0.15) is 13.2 Å². The van der Waals surface area contributed by atoms with E-state index in [0.29, 0.717) is 6.07 Å². The van der Waals surface area contributed by atoms with Crippen LogP contribution in [0.4, 0.5) is 22.0 Å². The van der Waals surface area contributed by atoms with Crippen LogP contribution in [-0.4, -0.2) is 4.98 Å². The summed E-state index contributed by atoms with van der Waals surface area (Å²) in [6, 6.07) is 0.334. The molecule has 1 aromatic heterocycles. The predicted molar refractivity (Wildman–Crippen MR) is 44.7 cm³/mol. The Bertz CT molecular complexity index is 424. The molecule has 0 aliphatic rings. The number of pyridine rings is 1. The molecular formula is C7H3BrF5NO. The van der Waals surface area contributed by atoms with Crippen LogP contribution in [0.1, 0.15) is 17.7 Å². The van der Waals surface area contributed by atoms with Crippen molar-refractivity contribution in [2.75, 3.05) is 0 Å². The Labute approximate surface area is 88.2 Å². The van der Waals surface area contributed by atoms with E-state index in [2.05, 4.69) is 15.9 Å². The number of hydrogen-bond donors (Lipinski definition) is 1. The monoisotopic (exact) mass is 291 g/mol. The zero-order chi connectivity index (χ0) is 11.8. The summed E-state index contributed by atoms with van der Waals surface area (Å²) < 4.78 is 60.2. The lowest BCUT2D eigenvalue weighted by molar-refractivity contribution is -0.138. The number of hydrogen-bond acceptors (Lipinski definition) is 1. The number of halogens is 6. The van der Waals surface area contributed by atoms with Crippen molar-refractivity contribution in [3.8, 4) is 0 Å². The van der Waals surface area contributed by atoms with E-state index in [-0.39, 0.29) is 0 Å². The van der Waals surface area contributed by atoms with Gasteiger partial charge >= 0.3 is 6.18 Å². The summed E-state index contributed by atoms with van der Waals surface area (Å²) in [7, 11) is 0. The maximum atomic E-state index is 12.2. The summed E-state index contributed by atoms with van der Waals surface area (Å²) in [6.07, 6.45) is -7.91. The molecule has 0 aliphatic heterocycles. The predicted octanol–water partition coefficient (Wildman–Crippen LogP) is 3.09. The lowest BCUT2D eigenvalue weighted by Gasteiger charge is -2.08. The van der Waals surface area contributed by atoms with E-state index >= 15 is 0 Å². The molecule has 1 N–H and O–H groups in total. The second kappa shape index (κ2) is 3.92. The Morgan fingerprint density at radius 2 is 1.87 bits per heavy atom. The Balaban J connectivity index is 3.39. The first-order valence-corrected chi connectivity index (χ1v) is 4.31. The first-order valence-electron chi connectivity index (χ1n) is 3.51. The van der Waals surface area contributed by atoms with Gasteiger partial charge in [-0.15, -0.1) is 0 Å². The molecule has 0 amide bonds. The minimum absolute atomic E-state index is 0.334. The number of rotatable bonds is 1. The van der Waals surface area contributed by atoms with Gasteiger partial charge < -0.3 is 4.98 Å². The lowest BCUT2D eigenvalue weighted by Crippen LogP contribution is -2.22. The van der Waals surface area contributed by atoms with Gasteiger partial charge in [0, 0.05) is 4.47 Å². The standard InChI is InChI=1S/C7H3BrF5NO/c8-3-1-2(7(11,12)13)6(15)14-4(3)5(9)10/h1,5H,(H,14,15). The number of aromatic nitrogens is 1. The molecule has 0 spiro atoms. The topological polar surface area (TPSA) is 32.9 Å². The maximum absolute atomic E-state index is 12.2. The zero-order valence-electron chi connectivity index (χ0n) is 6.83. The second-order valence-electron chi connectivity index (χ2n) is 2.57. The van der Waals surface area contributed by atoms with Crippen molar-refractivity contribution in [1.82, 2.24) is 4.98 Å². The Hall–Kier alpha value is -0.920. The van der Waals surface area contributed by atoms with E-state index in [1.54, 1.807) is 0 Å². The minimum atomic E-state index is -4.86. The third kappa shape index (κ3) is 2.55. The molecule has 0 unspecified atom stereocenters. The van der Waals surface area contributed by atoms with Gasteiger partial charge in [-0.1, -0.05) is 0 Å². The van der Waals surface area contributed by atoms with Gasteiger partial charge in [0.1, 0.15) is 5.56 Å². The van der Waals surface area contributed by atoms with Gasteiger partial charge in [0.15, 0.2) is 0 Å². The fourth-order valence-electron chi connectivity index (χ4n) is 0.889. The summed E-state index contributed by atoms with van der Waals surface area (Å²) in [6.45, 7) is 0. The second-order valence-corrected chi connectivity index (χ2v) is 3.43. The van der Waals surface area contributed by atoms with Gasteiger partial charge in [0.25, 0.3) is 12.0 Å². The van der Waals surface area contributed by atoms with Crippen molar-refractivity contribution in [3.63, 3.8) is 0 Å². The lowest BCUT2D eigenvalue weighted by atomic mass is 10.2. The van der Waals surface area contributed by atoms with Gasteiger partial charge in [-0.25, -0.2) is 8.78 Å². The molecule has 1 heterocycles. The smallest absolute Gasteiger partial charge is 0.320 e. The normalized spacial score (nSPS) is 12.2. The van der Waals surface area contributed by atoms with Crippen LogP contribution in [0.2, 0.25) is 0 Å². The molecule has 1 aromatic rings. The summed E-state index contributed by atoms with van der Waals surface area (Å²) in [4.78, 5) is 12.3. The van der Waals surface area contributed by atoms with E-state index < -0.39 is 33.9 Å². The highest BCUT2D eigenvalue weighted by Gasteiger charge is 2.35. The molecule has 0 saturated carbocycles. The number of alkyl halides is 5. The van der Waals surface area contributed by atoms with Gasteiger partial charge in [-0.3, -0.25) is 4.79 Å². The molecule has 15 heavy (non-hydrogen) atoms. The average molecular weight is 292 g/mol. The molecule has 0 fully saturated rings. The van der Waals surface area contributed by atoms with Gasteiger partial charge in [0.05, 0.1) is 5.69 Å². The zero-order valence-corrected chi connectivity index (χ0v) is 8.42. The maximum Gasteiger partial charge on any atom is 0.421 e. The third-order valence-electron chi connectivity index (χ3n) is 1.54. The summed E-state index contributed by atoms with van der Waals surface area (Å²) in [5.74, 6) is 0. The Morgan fingerprint density at radius 1 is 1.33 bits per heavy atom. The van der Waals surface area contributed by atoms with Crippen molar-refractivity contribution in [2.45, 2.75) is 12.6 Å². The van der Waals surface area contributed by atoms with Crippen LogP contribution in [-0.2, 0) is 6.18 Å². The van der Waals surface area contributed by atoms with Crippen LogP contribution in [0.25, 0.3) is 0 Å². The SMILES string of the molecule is O=c1[nH]c(C(F)F)c(Br)cc1C(F)(F)F. The summed E-state index contributed by atoms with van der Waals surface area (Å²) >= 11 is 2.52. The molecule has 8 heteroatoms. The van der Waals surface area contributed by atoms with Crippen LogP contribution >= 0.6 is 15.9 Å². The summed E-state index contributed by atoms with van der Waals surface area (Å²) in [5, 5.41) is 0. The van der Waals surface area contributed by atoms with Crippen LogP contribution in [0.5, 0.6) is 0 Å². The first-order chi connectivity index (χ1) is 6.73. The van der Waals surface area contributed by atoms with Crippen molar-refractivity contribution in [2.24, 2.45) is 0 Å². The molecular weight excluding hydrogens is 289 g/mol. The molecule has 0 aliphatic carbocycles. The molecule has 0 atom stereocenters. The van der Waals surface area contributed by atoms with E-state index in [9.17, 15) is 26.7 Å². The third-order valence-corrected chi connectivity index (χ3v) is 2.20. The first kappa shape index (κ1) is 12.2. The van der Waals surface area contributed by atoms with Crippen molar-refractivity contribution in [3.05, 3.63) is 32.2 Å². The fourth-order valence-corrected chi connectivity index (χ4v) is 1.39. The fraction of sp³-hybridized carbons (Fsp3) is 0.286. The Morgan fingerprint density at radius 3 is 2.27 bits per heavy atom. The molecule has 0 radical (unpaired) electrons. The number of H-pyrrole nitrogens is 1. The molecule has 0 saturated heterocycles. The molecule has 0 bridgehead atoms. The molecule has 1 rings (SSSR count). The van der Waals surface area contributed by atoms with Crippen LogP contribution in [0.3, 0.4) is 0 Å². The van der Waals surface area contributed by atoms with Crippen molar-refractivity contribution >= 4 is 15.9 Å². The van der Waals surface area contributed by atoms with Gasteiger partial charge in [0.2, 0.25) is 0 Å². The largest absolute Gasteiger partial charge is 0.421 e. The van der Waals surface area contributed by atoms with E-state index in [1.807, 2.05) is 0 Å². The minimum Gasteiger partial charge on any atom is -0.320 e. The highest BCUT2D eigenvalue weighted by atomic mass is 79.9. The van der Waals surface area contributed by atoms with Crippen molar-refractivity contribution in [1.29, 1.82) is 0 Å². The van der Waals surface area contributed by atoms with Gasteiger partial charge in [-0.05, 0) is 22.0 Å². The van der Waals surface area contributed by atoms with Crippen molar-refractivity contribution < 1.29 is 22.0 Å². The van der Waals surface area contributed by atoms with Crippen LogP contribution in [0.15, 0.2) is 15.3 Å². The van der Waals surface area contributed by atoms with E-state index in [0.717, 1.165) is 0 Å². The highest BCUT2D eigenvalue weighted by molar-refractivity contribution is 9.10. The summed E-state index contributed by atoms with van der Waals surface area (Å²) in [5.41, 5.74) is -3.97. The van der Waals surface area contributed by atoms with Crippen LogP contribution < -0.4 is 5.56 Å². The highest BCUT2D eigenvalue weighted by Crippen LogP contribution is 2.31. The average Bonchev–Trinajstić information content (AvgIpc) is 2.06. The number of nitrogens with one attached hydrogen (secondary N) is 1. The van der Waals surface area contributed by atoms with E-state index in [1.165, 1.54) is 4.98 Å². The Kier molecular flexibility index (Phi) is 3.17. The number of aromatic amines is 1. The molecule has 2 nitrogen and oxygen atoms in total. The molecule has 84 valence electrons. The quantitative estimate of drug-likeness (QED) is 0.793.